The third-order valence-corrected chi connectivity index (χ3v) is 12.1. The molecule has 0 spiro atoms. The number of phosphoric acid groups is 1. The predicted molar refractivity (Wildman–Crippen MR) is 240 cm³/mol. The molecule has 0 saturated heterocycles. The minimum absolute atomic E-state index is 0.0262. The van der Waals surface area contributed by atoms with Crippen molar-refractivity contribution >= 4 is 19.8 Å². The minimum atomic E-state index is -4.61. The molecule has 11 heteroatoms. The molecule has 346 valence electrons. The molecular formula is C47H94NO9P. The van der Waals surface area contributed by atoms with Gasteiger partial charge in [0.25, 0.3) is 0 Å². The van der Waals surface area contributed by atoms with E-state index in [1.807, 2.05) is 0 Å². The Bertz CT molecular complexity index is 940. The highest BCUT2D eigenvalue weighted by molar-refractivity contribution is 7.47. The lowest BCUT2D eigenvalue weighted by atomic mass is 10.0. The van der Waals surface area contributed by atoms with Crippen LogP contribution in [0.3, 0.4) is 0 Å². The SMILES string of the molecule is CCCCCCCCCCCCCCCCCCCCCCC(=O)O[C@H](COCCCCCCCCCCCCCCCCCC)COP(=O)(O)OC[C@H](N)C(=O)O. The van der Waals surface area contributed by atoms with Gasteiger partial charge >= 0.3 is 19.8 Å². The summed E-state index contributed by atoms with van der Waals surface area (Å²) in [6.07, 6.45) is 45.8. The normalized spacial score (nSPS) is 13.7. The second-order valence-corrected chi connectivity index (χ2v) is 18.4. The standard InChI is InChI=1S/C47H94NO9P/c1-3-5-7-9-11-13-15-17-19-21-22-23-24-25-27-29-31-33-35-37-39-46(49)57-44(42-55-58(52,53)56-43-45(48)47(50)51)41-54-40-38-36-34-32-30-28-26-20-18-16-14-12-10-8-6-4-2/h44-45H,3-43,48H2,1-2H3,(H,50,51)(H,52,53)/t44-,45+/m1/s1. The molecule has 4 N–H and O–H groups in total. The number of hydrogen-bond donors (Lipinski definition) is 3. The molecule has 0 amide bonds. The molecule has 0 aliphatic heterocycles. The van der Waals surface area contributed by atoms with E-state index in [2.05, 4.69) is 13.8 Å². The maximum absolute atomic E-state index is 12.7. The van der Waals surface area contributed by atoms with E-state index in [9.17, 15) is 19.0 Å². The van der Waals surface area contributed by atoms with Crippen LogP contribution in [-0.2, 0) is 32.7 Å². The van der Waals surface area contributed by atoms with Crippen molar-refractivity contribution in [2.75, 3.05) is 26.4 Å². The molecule has 0 fully saturated rings. The number of carboxylic acid groups (broad SMARTS) is 1. The highest BCUT2D eigenvalue weighted by Gasteiger charge is 2.27. The lowest BCUT2D eigenvalue weighted by molar-refractivity contribution is -0.154. The van der Waals surface area contributed by atoms with E-state index in [-0.39, 0.29) is 13.0 Å². The number of ether oxygens (including phenoxy) is 2. The van der Waals surface area contributed by atoms with Crippen molar-refractivity contribution < 1.29 is 42.7 Å². The summed E-state index contributed by atoms with van der Waals surface area (Å²) in [6.45, 7) is 3.95. The Hall–Kier alpha value is -1.03. The van der Waals surface area contributed by atoms with Gasteiger partial charge in [0.15, 0.2) is 0 Å². The van der Waals surface area contributed by atoms with E-state index in [1.54, 1.807) is 0 Å². The molecule has 10 nitrogen and oxygen atoms in total. The van der Waals surface area contributed by atoms with E-state index in [0.717, 1.165) is 38.5 Å². The molecule has 0 aliphatic rings. The Morgan fingerprint density at radius 2 is 0.793 bits per heavy atom. The summed E-state index contributed by atoms with van der Waals surface area (Å²) in [4.78, 5) is 33.6. The molecular weight excluding hydrogens is 753 g/mol. The van der Waals surface area contributed by atoms with Crippen molar-refractivity contribution in [3.8, 4) is 0 Å². The van der Waals surface area contributed by atoms with Crippen LogP contribution in [0, 0.1) is 0 Å². The van der Waals surface area contributed by atoms with Crippen molar-refractivity contribution in [1.29, 1.82) is 0 Å². The monoisotopic (exact) mass is 848 g/mol. The molecule has 58 heavy (non-hydrogen) atoms. The Morgan fingerprint density at radius 3 is 1.14 bits per heavy atom. The Labute approximate surface area is 357 Å². The number of phosphoric ester groups is 1. The fourth-order valence-corrected chi connectivity index (χ4v) is 8.09. The number of carbonyl (C=O) groups excluding carboxylic acids is 1. The summed E-state index contributed by atoms with van der Waals surface area (Å²) in [5.41, 5.74) is 5.37. The van der Waals surface area contributed by atoms with E-state index in [0.29, 0.717) is 6.61 Å². The Balaban J connectivity index is 4.10. The zero-order valence-electron chi connectivity index (χ0n) is 37.9. The topological polar surface area (TPSA) is 155 Å². The molecule has 0 heterocycles. The molecule has 0 saturated carbocycles. The summed E-state index contributed by atoms with van der Waals surface area (Å²) in [7, 11) is -4.61. The highest BCUT2D eigenvalue weighted by atomic mass is 31.2. The van der Waals surface area contributed by atoms with Gasteiger partial charge in [0.2, 0.25) is 0 Å². The molecule has 0 aromatic carbocycles. The van der Waals surface area contributed by atoms with Crippen LogP contribution in [0.5, 0.6) is 0 Å². The quantitative estimate of drug-likeness (QED) is 0.0306. The summed E-state index contributed by atoms with van der Waals surface area (Å²) in [6, 6.07) is -1.47. The van der Waals surface area contributed by atoms with Crippen molar-refractivity contribution in [3.05, 3.63) is 0 Å². The molecule has 3 atom stereocenters. The van der Waals surface area contributed by atoms with Crippen LogP contribution in [-0.4, -0.2) is 60.5 Å². The minimum Gasteiger partial charge on any atom is -0.480 e. The third kappa shape index (κ3) is 43.1. The van der Waals surface area contributed by atoms with Gasteiger partial charge in [0.05, 0.1) is 19.8 Å². The molecule has 0 aliphatic carbocycles. The van der Waals surface area contributed by atoms with Crippen molar-refractivity contribution in [2.45, 2.75) is 264 Å². The number of esters is 1. The zero-order valence-corrected chi connectivity index (χ0v) is 38.8. The number of aliphatic carboxylic acids is 1. The van der Waals surface area contributed by atoms with Crippen molar-refractivity contribution in [2.24, 2.45) is 5.73 Å². The first-order valence-electron chi connectivity index (χ1n) is 24.6. The largest absolute Gasteiger partial charge is 0.480 e. The molecule has 0 radical (unpaired) electrons. The molecule has 0 bridgehead atoms. The molecule has 0 aromatic heterocycles. The maximum atomic E-state index is 12.7. The van der Waals surface area contributed by atoms with E-state index < -0.39 is 45.1 Å². The van der Waals surface area contributed by atoms with Crippen molar-refractivity contribution in [1.82, 2.24) is 0 Å². The second kappa shape index (κ2) is 44.0. The van der Waals surface area contributed by atoms with Gasteiger partial charge < -0.3 is 25.2 Å². The third-order valence-electron chi connectivity index (χ3n) is 11.1. The van der Waals surface area contributed by atoms with Gasteiger partial charge in [-0.15, -0.1) is 0 Å². The molecule has 0 rings (SSSR count). The average Bonchev–Trinajstić information content (AvgIpc) is 3.20. The first kappa shape index (κ1) is 57.0. The fourth-order valence-electron chi connectivity index (χ4n) is 7.31. The zero-order chi connectivity index (χ0) is 42.6. The van der Waals surface area contributed by atoms with Gasteiger partial charge in [-0.05, 0) is 12.8 Å². The lowest BCUT2D eigenvalue weighted by Gasteiger charge is -2.20. The van der Waals surface area contributed by atoms with E-state index in [4.69, 9.17) is 29.4 Å². The first-order chi connectivity index (χ1) is 28.2. The summed E-state index contributed by atoms with van der Waals surface area (Å²) >= 11 is 0. The number of hydrogen-bond acceptors (Lipinski definition) is 8. The smallest absolute Gasteiger partial charge is 0.472 e. The Kier molecular flexibility index (Phi) is 43.3. The van der Waals surface area contributed by atoms with Gasteiger partial charge in [0.1, 0.15) is 12.1 Å². The van der Waals surface area contributed by atoms with Crippen LogP contribution in [0.2, 0.25) is 0 Å². The van der Waals surface area contributed by atoms with Crippen LogP contribution in [0.4, 0.5) is 0 Å². The predicted octanol–water partition coefficient (Wildman–Crippen LogP) is 13.9. The molecule has 0 aromatic rings. The number of nitrogens with two attached hydrogens (primary N) is 1. The van der Waals surface area contributed by atoms with Crippen molar-refractivity contribution in [3.63, 3.8) is 0 Å². The van der Waals surface area contributed by atoms with Crippen LogP contribution in [0.25, 0.3) is 0 Å². The first-order valence-corrected chi connectivity index (χ1v) is 26.1. The van der Waals surface area contributed by atoms with Gasteiger partial charge in [-0.2, -0.15) is 0 Å². The van der Waals surface area contributed by atoms with Gasteiger partial charge in [0, 0.05) is 13.0 Å². The summed E-state index contributed by atoms with van der Waals surface area (Å²) < 4.78 is 33.5. The molecule has 1 unspecified atom stereocenters. The lowest BCUT2D eigenvalue weighted by Crippen LogP contribution is -2.34. The van der Waals surface area contributed by atoms with Crippen LogP contribution < -0.4 is 5.73 Å². The summed E-state index contributed by atoms with van der Waals surface area (Å²) in [5, 5.41) is 8.91. The number of carbonyl (C=O) groups is 2. The number of carboxylic acids is 1. The fraction of sp³-hybridized carbons (Fsp3) is 0.957. The van der Waals surface area contributed by atoms with Gasteiger partial charge in [-0.25, -0.2) is 4.57 Å². The van der Waals surface area contributed by atoms with E-state index >= 15 is 0 Å². The Morgan fingerprint density at radius 1 is 0.483 bits per heavy atom. The second-order valence-electron chi connectivity index (χ2n) is 17.0. The average molecular weight is 848 g/mol. The van der Waals surface area contributed by atoms with Crippen LogP contribution >= 0.6 is 7.82 Å². The van der Waals surface area contributed by atoms with Gasteiger partial charge in [-0.1, -0.05) is 232 Å². The number of unbranched alkanes of at least 4 members (excludes halogenated alkanes) is 34. The summed E-state index contributed by atoms with van der Waals surface area (Å²) in [5.74, 6) is -1.76. The van der Waals surface area contributed by atoms with Crippen LogP contribution in [0.15, 0.2) is 0 Å². The number of rotatable bonds is 48. The van der Waals surface area contributed by atoms with Gasteiger partial charge in [-0.3, -0.25) is 18.6 Å². The maximum Gasteiger partial charge on any atom is 0.472 e. The van der Waals surface area contributed by atoms with E-state index in [1.165, 1.54) is 193 Å². The van der Waals surface area contributed by atoms with Crippen LogP contribution in [0.1, 0.15) is 251 Å². The highest BCUT2D eigenvalue weighted by Crippen LogP contribution is 2.43.